The van der Waals surface area contributed by atoms with Crippen molar-refractivity contribution >= 4 is 0 Å². The predicted molar refractivity (Wildman–Crippen MR) is 70.2 cm³/mol. The van der Waals surface area contributed by atoms with Crippen molar-refractivity contribution in [1.82, 2.24) is 5.32 Å². The van der Waals surface area contributed by atoms with E-state index in [9.17, 15) is 0 Å². The maximum absolute atomic E-state index is 3.51. The molecular weight excluding hydrogens is 182 g/mol. The minimum Gasteiger partial charge on any atom is -0.316 e. The second-order valence-corrected chi connectivity index (χ2v) is 6.40. The van der Waals surface area contributed by atoms with Gasteiger partial charge in [0.1, 0.15) is 0 Å². The molecule has 1 nitrogen and oxygen atoms in total. The molecule has 0 rings (SSSR count). The molecule has 0 aromatic heterocycles. The number of hydrogen-bond acceptors (Lipinski definition) is 1. The van der Waals surface area contributed by atoms with E-state index < -0.39 is 0 Å². The summed E-state index contributed by atoms with van der Waals surface area (Å²) < 4.78 is 0. The van der Waals surface area contributed by atoms with Crippen molar-refractivity contribution in [1.29, 1.82) is 0 Å². The highest BCUT2D eigenvalue weighted by Crippen LogP contribution is 2.33. The van der Waals surface area contributed by atoms with Gasteiger partial charge in [0.05, 0.1) is 0 Å². The Kier molecular flexibility index (Phi) is 6.51. The van der Waals surface area contributed by atoms with Gasteiger partial charge in [-0.05, 0) is 36.6 Å². The molecule has 0 spiro atoms. The van der Waals surface area contributed by atoms with Gasteiger partial charge in [-0.1, -0.05) is 48.0 Å². The molecule has 0 saturated heterocycles. The van der Waals surface area contributed by atoms with Crippen LogP contribution in [-0.4, -0.2) is 13.1 Å². The largest absolute Gasteiger partial charge is 0.316 e. The molecule has 15 heavy (non-hydrogen) atoms. The molecule has 0 aliphatic carbocycles. The Morgan fingerprint density at radius 3 is 1.87 bits per heavy atom. The topological polar surface area (TPSA) is 12.0 Å². The van der Waals surface area contributed by atoms with Crippen molar-refractivity contribution in [3.8, 4) is 0 Å². The number of hydrogen-bond donors (Lipinski definition) is 1. The molecule has 0 saturated carbocycles. The Balaban J connectivity index is 4.11. The van der Waals surface area contributed by atoms with E-state index in [1.54, 1.807) is 0 Å². The van der Waals surface area contributed by atoms with Crippen LogP contribution < -0.4 is 5.32 Å². The lowest BCUT2D eigenvalue weighted by molar-refractivity contribution is 0.210. The maximum atomic E-state index is 3.51. The van der Waals surface area contributed by atoms with Crippen molar-refractivity contribution in [2.45, 2.75) is 67.2 Å². The molecule has 1 heteroatoms. The third-order valence-corrected chi connectivity index (χ3v) is 3.13. The van der Waals surface area contributed by atoms with Gasteiger partial charge >= 0.3 is 0 Å². The fourth-order valence-corrected chi connectivity index (χ4v) is 2.01. The molecule has 0 aromatic rings. The van der Waals surface area contributed by atoms with Gasteiger partial charge in [0, 0.05) is 6.54 Å². The van der Waals surface area contributed by atoms with Crippen molar-refractivity contribution in [2.75, 3.05) is 13.1 Å². The third-order valence-electron chi connectivity index (χ3n) is 3.13. The molecule has 1 unspecified atom stereocenters. The molecule has 0 aliphatic heterocycles. The standard InChI is InChI=1S/C14H31N/c1-7-9-14(6,12-15-8-2)11-10-13(3,4)5/h15H,7-12H2,1-6H3. The zero-order valence-electron chi connectivity index (χ0n) is 11.7. The van der Waals surface area contributed by atoms with E-state index in [0.717, 1.165) is 6.54 Å². The predicted octanol–water partition coefficient (Wildman–Crippen LogP) is 4.23. The first kappa shape index (κ1) is 15.0. The zero-order chi connectivity index (χ0) is 11.9. The maximum Gasteiger partial charge on any atom is 0.000505 e. The summed E-state index contributed by atoms with van der Waals surface area (Å²) in [6, 6.07) is 0. The van der Waals surface area contributed by atoms with E-state index in [2.05, 4.69) is 46.9 Å². The lowest BCUT2D eigenvalue weighted by Gasteiger charge is -2.32. The van der Waals surface area contributed by atoms with Crippen LogP contribution in [0.4, 0.5) is 0 Å². The van der Waals surface area contributed by atoms with Crippen LogP contribution in [0.1, 0.15) is 67.2 Å². The summed E-state index contributed by atoms with van der Waals surface area (Å²) in [6.07, 6.45) is 5.31. The second kappa shape index (κ2) is 6.52. The summed E-state index contributed by atoms with van der Waals surface area (Å²) >= 11 is 0. The Hall–Kier alpha value is -0.0400. The summed E-state index contributed by atoms with van der Waals surface area (Å²) in [5.41, 5.74) is 0.971. The van der Waals surface area contributed by atoms with Gasteiger partial charge in [0.2, 0.25) is 0 Å². The molecule has 0 aliphatic rings. The van der Waals surface area contributed by atoms with Gasteiger partial charge in [-0.2, -0.15) is 0 Å². The first-order chi connectivity index (χ1) is 6.83. The highest BCUT2D eigenvalue weighted by molar-refractivity contribution is 4.78. The summed E-state index contributed by atoms with van der Waals surface area (Å²) in [6.45, 7) is 16.2. The van der Waals surface area contributed by atoms with Crippen LogP contribution in [0.25, 0.3) is 0 Å². The van der Waals surface area contributed by atoms with E-state index in [1.807, 2.05) is 0 Å². The van der Waals surface area contributed by atoms with Crippen LogP contribution in [0.2, 0.25) is 0 Å². The first-order valence-electron chi connectivity index (χ1n) is 6.54. The van der Waals surface area contributed by atoms with Crippen LogP contribution in [-0.2, 0) is 0 Å². The molecule has 1 atom stereocenters. The van der Waals surface area contributed by atoms with Crippen LogP contribution >= 0.6 is 0 Å². The van der Waals surface area contributed by atoms with Gasteiger partial charge in [-0.25, -0.2) is 0 Å². The third kappa shape index (κ3) is 7.84. The molecule has 0 aromatic carbocycles. The Bertz CT molecular complexity index is 157. The minimum atomic E-state index is 0.473. The fourth-order valence-electron chi connectivity index (χ4n) is 2.01. The molecule has 0 radical (unpaired) electrons. The number of nitrogens with one attached hydrogen (secondary N) is 1. The minimum absolute atomic E-state index is 0.473. The van der Waals surface area contributed by atoms with Gasteiger partial charge < -0.3 is 5.32 Å². The average Bonchev–Trinajstić information content (AvgIpc) is 2.12. The van der Waals surface area contributed by atoms with E-state index in [1.165, 1.54) is 32.2 Å². The molecule has 92 valence electrons. The van der Waals surface area contributed by atoms with Crippen molar-refractivity contribution < 1.29 is 0 Å². The monoisotopic (exact) mass is 213 g/mol. The molecule has 1 N–H and O–H groups in total. The van der Waals surface area contributed by atoms with Crippen molar-refractivity contribution in [2.24, 2.45) is 10.8 Å². The molecule has 0 heterocycles. The average molecular weight is 213 g/mol. The second-order valence-electron chi connectivity index (χ2n) is 6.40. The molecule has 0 bridgehead atoms. The van der Waals surface area contributed by atoms with Crippen LogP contribution in [0.3, 0.4) is 0 Å². The van der Waals surface area contributed by atoms with E-state index in [4.69, 9.17) is 0 Å². The quantitative estimate of drug-likeness (QED) is 0.667. The Morgan fingerprint density at radius 2 is 1.47 bits per heavy atom. The highest BCUT2D eigenvalue weighted by atomic mass is 14.9. The summed E-state index contributed by atoms with van der Waals surface area (Å²) in [4.78, 5) is 0. The van der Waals surface area contributed by atoms with Gasteiger partial charge in [0.15, 0.2) is 0 Å². The summed E-state index contributed by atoms with van der Waals surface area (Å²) in [5, 5.41) is 3.51. The van der Waals surface area contributed by atoms with E-state index in [0.29, 0.717) is 10.8 Å². The summed E-state index contributed by atoms with van der Waals surface area (Å²) in [7, 11) is 0. The van der Waals surface area contributed by atoms with Gasteiger partial charge in [-0.3, -0.25) is 0 Å². The lowest BCUT2D eigenvalue weighted by atomic mass is 9.76. The fraction of sp³-hybridized carbons (Fsp3) is 1.00. The molecular formula is C14H31N. The normalized spacial score (nSPS) is 16.4. The van der Waals surface area contributed by atoms with Crippen molar-refractivity contribution in [3.05, 3.63) is 0 Å². The van der Waals surface area contributed by atoms with Crippen LogP contribution in [0.15, 0.2) is 0 Å². The highest BCUT2D eigenvalue weighted by Gasteiger charge is 2.24. The van der Waals surface area contributed by atoms with E-state index >= 15 is 0 Å². The number of rotatable bonds is 7. The Morgan fingerprint density at radius 1 is 0.867 bits per heavy atom. The molecule has 0 amide bonds. The summed E-state index contributed by atoms with van der Waals surface area (Å²) in [5.74, 6) is 0. The van der Waals surface area contributed by atoms with Crippen LogP contribution in [0, 0.1) is 10.8 Å². The van der Waals surface area contributed by atoms with Gasteiger partial charge in [0.25, 0.3) is 0 Å². The lowest BCUT2D eigenvalue weighted by Crippen LogP contribution is -2.32. The Labute approximate surface area is 97.0 Å². The van der Waals surface area contributed by atoms with Crippen LogP contribution in [0.5, 0.6) is 0 Å². The van der Waals surface area contributed by atoms with E-state index in [-0.39, 0.29) is 0 Å². The van der Waals surface area contributed by atoms with Crippen molar-refractivity contribution in [3.63, 3.8) is 0 Å². The first-order valence-corrected chi connectivity index (χ1v) is 6.54. The smallest absolute Gasteiger partial charge is 0.000505 e. The zero-order valence-corrected chi connectivity index (χ0v) is 11.7. The van der Waals surface area contributed by atoms with Gasteiger partial charge in [-0.15, -0.1) is 0 Å². The molecule has 0 fully saturated rings. The SMILES string of the molecule is CCCC(C)(CCC(C)(C)C)CNCC.